The number of hydrogen-bond donors (Lipinski definition) is 1. The van der Waals surface area contributed by atoms with Crippen LogP contribution in [0.15, 0.2) is 47.6 Å². The zero-order valence-electron chi connectivity index (χ0n) is 18.6. The summed E-state index contributed by atoms with van der Waals surface area (Å²) in [7, 11) is 0. The fourth-order valence-corrected chi connectivity index (χ4v) is 4.99. The summed E-state index contributed by atoms with van der Waals surface area (Å²) in [5.41, 5.74) is 4.35. The number of fused-ring (bicyclic) bond motifs is 1. The van der Waals surface area contributed by atoms with Crippen LogP contribution in [0.3, 0.4) is 0 Å². The molecule has 1 fully saturated rings. The smallest absolute Gasteiger partial charge is 0.232 e. The van der Waals surface area contributed by atoms with Gasteiger partial charge >= 0.3 is 0 Å². The van der Waals surface area contributed by atoms with E-state index in [4.69, 9.17) is 4.74 Å². The molecule has 8 nitrogen and oxygen atoms in total. The van der Waals surface area contributed by atoms with Gasteiger partial charge in [-0.05, 0) is 49.2 Å². The lowest BCUT2D eigenvalue weighted by atomic mass is 9.99. The second-order valence-corrected chi connectivity index (χ2v) is 9.17. The summed E-state index contributed by atoms with van der Waals surface area (Å²) in [6, 6.07) is 13.5. The normalized spacial score (nSPS) is 17.7. The number of hydrogen-bond acceptors (Lipinski definition) is 7. The molecule has 9 heteroatoms. The summed E-state index contributed by atoms with van der Waals surface area (Å²) in [4.78, 5) is 27.1. The Morgan fingerprint density at radius 2 is 1.97 bits per heavy atom. The molecule has 0 spiro atoms. The number of carbonyl (C=O) groups is 2. The fraction of sp³-hybridized carbons (Fsp3) is 0.333. The number of anilines is 2. The summed E-state index contributed by atoms with van der Waals surface area (Å²) >= 11 is 1.37. The molecule has 0 saturated carbocycles. The molecular formula is C24H25N5O3S. The Morgan fingerprint density at radius 3 is 2.76 bits per heavy atom. The van der Waals surface area contributed by atoms with Crippen LogP contribution in [-0.4, -0.2) is 58.5 Å². The van der Waals surface area contributed by atoms with Crippen molar-refractivity contribution in [2.45, 2.75) is 24.9 Å². The first-order valence-corrected chi connectivity index (χ1v) is 12.0. The summed E-state index contributed by atoms with van der Waals surface area (Å²) in [5, 5.41) is 12.4. The molecule has 5 rings (SSSR count). The van der Waals surface area contributed by atoms with Gasteiger partial charge in [0, 0.05) is 24.3 Å². The average Bonchev–Trinajstić information content (AvgIpc) is 3.38. The molecule has 2 aliphatic heterocycles. The lowest BCUT2D eigenvalue weighted by molar-refractivity contribution is -0.116. The number of para-hydroxylation sites is 1. The lowest BCUT2D eigenvalue weighted by Crippen LogP contribution is -2.38. The number of benzene rings is 2. The van der Waals surface area contributed by atoms with E-state index < -0.39 is 0 Å². The van der Waals surface area contributed by atoms with Gasteiger partial charge in [0.05, 0.1) is 30.6 Å². The maximum atomic E-state index is 13.0. The first-order valence-electron chi connectivity index (χ1n) is 11.0. The molecule has 1 atom stereocenters. The maximum Gasteiger partial charge on any atom is 0.232 e. The zero-order valence-corrected chi connectivity index (χ0v) is 19.4. The summed E-state index contributed by atoms with van der Waals surface area (Å²) < 4.78 is 7.53. The van der Waals surface area contributed by atoms with Gasteiger partial charge < -0.3 is 15.0 Å². The highest BCUT2D eigenvalue weighted by Gasteiger charge is 2.28. The van der Waals surface area contributed by atoms with Crippen LogP contribution in [-0.2, 0) is 9.53 Å². The molecule has 1 unspecified atom stereocenters. The summed E-state index contributed by atoms with van der Waals surface area (Å²) in [6.45, 7) is 6.69. The SMILES string of the molecule is Cc1ccccc1-n1c(SCC(=O)c2ccc3c(c2)C(C)C(=O)N3)nnc1N1CCOCC1. The van der Waals surface area contributed by atoms with Crippen LogP contribution in [0.25, 0.3) is 5.69 Å². The largest absolute Gasteiger partial charge is 0.378 e. The highest BCUT2D eigenvalue weighted by atomic mass is 32.2. The average molecular weight is 464 g/mol. The Morgan fingerprint density at radius 1 is 1.18 bits per heavy atom. The first-order chi connectivity index (χ1) is 16.0. The molecule has 170 valence electrons. The molecule has 3 heterocycles. The van der Waals surface area contributed by atoms with E-state index in [9.17, 15) is 9.59 Å². The van der Waals surface area contributed by atoms with Crippen LogP contribution >= 0.6 is 11.8 Å². The lowest BCUT2D eigenvalue weighted by Gasteiger charge is -2.28. The number of nitrogens with zero attached hydrogens (tertiary/aromatic N) is 4. The summed E-state index contributed by atoms with van der Waals surface area (Å²) in [6.07, 6.45) is 0. The quantitative estimate of drug-likeness (QED) is 0.442. The molecule has 1 aromatic heterocycles. The molecule has 1 amide bonds. The molecule has 3 aromatic rings. The molecule has 2 aliphatic rings. The van der Waals surface area contributed by atoms with Crippen molar-refractivity contribution in [3.63, 3.8) is 0 Å². The molecule has 0 radical (unpaired) electrons. The number of Topliss-reactive ketones (excluding diaryl/α,β-unsaturated/α-hetero) is 1. The third-order valence-corrected chi connectivity index (χ3v) is 7.02. The van der Waals surface area contributed by atoms with Crippen molar-refractivity contribution in [2.75, 3.05) is 42.3 Å². The molecule has 1 N–H and O–H groups in total. The second kappa shape index (κ2) is 8.99. The Bertz CT molecular complexity index is 1220. The van der Waals surface area contributed by atoms with E-state index in [2.05, 4.69) is 33.4 Å². The molecule has 2 aromatic carbocycles. The van der Waals surface area contributed by atoms with Gasteiger partial charge in [-0.25, -0.2) is 0 Å². The van der Waals surface area contributed by atoms with Gasteiger partial charge in [0.1, 0.15) is 0 Å². The predicted molar refractivity (Wildman–Crippen MR) is 128 cm³/mol. The van der Waals surface area contributed by atoms with Gasteiger partial charge in [0.25, 0.3) is 0 Å². The second-order valence-electron chi connectivity index (χ2n) is 8.23. The van der Waals surface area contributed by atoms with E-state index in [-0.39, 0.29) is 23.4 Å². The zero-order chi connectivity index (χ0) is 22.9. The van der Waals surface area contributed by atoms with Crippen LogP contribution in [0.4, 0.5) is 11.6 Å². The van der Waals surface area contributed by atoms with Crippen molar-refractivity contribution in [3.8, 4) is 5.69 Å². The van der Waals surface area contributed by atoms with E-state index >= 15 is 0 Å². The number of aryl methyl sites for hydroxylation is 1. The predicted octanol–water partition coefficient (Wildman–Crippen LogP) is 3.44. The number of ether oxygens (including phenoxy) is 1. The van der Waals surface area contributed by atoms with E-state index in [0.29, 0.717) is 23.9 Å². The van der Waals surface area contributed by atoms with E-state index in [1.165, 1.54) is 11.8 Å². The van der Waals surface area contributed by atoms with E-state index in [1.54, 1.807) is 12.1 Å². The van der Waals surface area contributed by atoms with Crippen molar-refractivity contribution in [1.82, 2.24) is 14.8 Å². The summed E-state index contributed by atoms with van der Waals surface area (Å²) in [5.74, 6) is 0.688. The topological polar surface area (TPSA) is 89.3 Å². The van der Waals surface area contributed by atoms with Crippen molar-refractivity contribution in [1.29, 1.82) is 0 Å². The Labute approximate surface area is 196 Å². The Hall–Kier alpha value is -3.17. The van der Waals surface area contributed by atoms with E-state index in [0.717, 1.165) is 41.5 Å². The number of carbonyl (C=O) groups excluding carboxylic acids is 2. The van der Waals surface area contributed by atoms with Crippen molar-refractivity contribution >= 4 is 35.1 Å². The first kappa shape index (κ1) is 21.7. The van der Waals surface area contributed by atoms with Crippen molar-refractivity contribution in [2.24, 2.45) is 0 Å². The number of aromatic nitrogens is 3. The number of amides is 1. The van der Waals surface area contributed by atoms with Crippen LogP contribution in [0.5, 0.6) is 0 Å². The molecule has 0 bridgehead atoms. The van der Waals surface area contributed by atoms with Crippen LogP contribution < -0.4 is 10.2 Å². The van der Waals surface area contributed by atoms with E-state index in [1.807, 2.05) is 35.8 Å². The molecule has 1 saturated heterocycles. The van der Waals surface area contributed by atoms with Gasteiger partial charge in [-0.15, -0.1) is 10.2 Å². The molecule has 33 heavy (non-hydrogen) atoms. The minimum atomic E-state index is -0.249. The highest BCUT2D eigenvalue weighted by molar-refractivity contribution is 7.99. The number of morpholine rings is 1. The monoisotopic (exact) mass is 463 g/mol. The maximum absolute atomic E-state index is 13.0. The Balaban J connectivity index is 1.41. The van der Waals surface area contributed by atoms with Crippen LogP contribution in [0.2, 0.25) is 0 Å². The van der Waals surface area contributed by atoms with Gasteiger partial charge in [0.2, 0.25) is 11.9 Å². The van der Waals surface area contributed by atoms with Gasteiger partial charge in [0.15, 0.2) is 10.9 Å². The number of nitrogens with one attached hydrogen (secondary N) is 1. The van der Waals surface area contributed by atoms with Crippen LogP contribution in [0, 0.1) is 6.92 Å². The molecule has 0 aliphatic carbocycles. The van der Waals surface area contributed by atoms with Crippen molar-refractivity contribution in [3.05, 3.63) is 59.2 Å². The van der Waals surface area contributed by atoms with Gasteiger partial charge in [-0.3, -0.25) is 14.2 Å². The van der Waals surface area contributed by atoms with Crippen molar-refractivity contribution < 1.29 is 14.3 Å². The van der Waals surface area contributed by atoms with Gasteiger partial charge in [-0.2, -0.15) is 0 Å². The Kier molecular flexibility index (Phi) is 5.90. The third-order valence-electron chi connectivity index (χ3n) is 6.09. The standard InChI is InChI=1S/C24H25N5O3S/c1-15-5-3-4-6-20(15)29-23(28-9-11-32-12-10-28)26-27-24(29)33-14-21(30)17-7-8-19-18(13-17)16(2)22(31)25-19/h3-8,13,16H,9-12,14H2,1-2H3,(H,25,31). The minimum absolute atomic E-state index is 0.0124. The minimum Gasteiger partial charge on any atom is -0.378 e. The third kappa shape index (κ3) is 4.14. The highest BCUT2D eigenvalue weighted by Crippen LogP contribution is 2.34. The fourth-order valence-electron chi connectivity index (χ4n) is 4.15. The molecular weight excluding hydrogens is 438 g/mol. The van der Waals surface area contributed by atoms with Gasteiger partial charge in [-0.1, -0.05) is 30.0 Å². The van der Waals surface area contributed by atoms with Crippen LogP contribution in [0.1, 0.15) is 34.3 Å². The number of thioether (sulfide) groups is 1. The number of ketones is 1. The number of rotatable bonds is 6.